The largest absolute Gasteiger partial charge is 0.350 e. The number of carbonyl (C=O) groups excluding carboxylic acids is 1. The molecular weight excluding hydrogens is 312 g/mol. The van der Waals surface area contributed by atoms with Gasteiger partial charge < -0.3 is 10.6 Å². The van der Waals surface area contributed by atoms with E-state index in [1.807, 2.05) is 24.3 Å². The molecule has 5 nitrogen and oxygen atoms in total. The van der Waals surface area contributed by atoms with Crippen LogP contribution in [0.2, 0.25) is 5.02 Å². The number of carbonyl (C=O) groups is 1. The fourth-order valence-corrected chi connectivity index (χ4v) is 2.93. The monoisotopic (exact) mass is 332 g/mol. The van der Waals surface area contributed by atoms with Gasteiger partial charge in [0.2, 0.25) is 0 Å². The molecule has 0 aliphatic carbocycles. The van der Waals surface area contributed by atoms with Crippen LogP contribution in [-0.4, -0.2) is 35.7 Å². The number of aromatic nitrogens is 2. The van der Waals surface area contributed by atoms with Gasteiger partial charge in [-0.05, 0) is 49.5 Å². The van der Waals surface area contributed by atoms with Crippen LogP contribution in [0.25, 0.3) is 11.3 Å². The van der Waals surface area contributed by atoms with Crippen LogP contribution in [0.5, 0.6) is 0 Å². The maximum absolute atomic E-state index is 12.3. The number of rotatable bonds is 4. The molecule has 1 aromatic carbocycles. The highest BCUT2D eigenvalue weighted by atomic mass is 35.5. The third-order valence-corrected chi connectivity index (χ3v) is 4.70. The number of halogens is 1. The van der Waals surface area contributed by atoms with Gasteiger partial charge in [-0.1, -0.05) is 30.7 Å². The van der Waals surface area contributed by atoms with E-state index in [2.05, 4.69) is 27.8 Å². The Bertz CT molecular complexity index is 674. The maximum atomic E-state index is 12.3. The third-order valence-electron chi connectivity index (χ3n) is 4.45. The van der Waals surface area contributed by atoms with Crippen LogP contribution in [0, 0.1) is 5.41 Å². The van der Waals surface area contributed by atoms with Gasteiger partial charge in [0.1, 0.15) is 5.69 Å². The average Bonchev–Trinajstić information content (AvgIpc) is 3.04. The summed E-state index contributed by atoms with van der Waals surface area (Å²) in [5.74, 6) is -0.113. The van der Waals surface area contributed by atoms with Crippen molar-refractivity contribution in [2.45, 2.75) is 19.8 Å². The van der Waals surface area contributed by atoms with Gasteiger partial charge in [-0.25, -0.2) is 0 Å². The lowest BCUT2D eigenvalue weighted by atomic mass is 9.81. The number of benzene rings is 1. The Balaban J connectivity index is 1.63. The lowest BCUT2D eigenvalue weighted by Gasteiger charge is -2.34. The molecule has 1 amide bonds. The summed E-state index contributed by atoms with van der Waals surface area (Å²) in [7, 11) is 0. The van der Waals surface area contributed by atoms with Gasteiger partial charge in [0, 0.05) is 17.1 Å². The number of nitrogens with one attached hydrogen (secondary N) is 3. The molecule has 0 unspecified atom stereocenters. The second-order valence-electron chi connectivity index (χ2n) is 6.42. The van der Waals surface area contributed by atoms with Gasteiger partial charge in [-0.2, -0.15) is 5.10 Å². The minimum Gasteiger partial charge on any atom is -0.350 e. The molecule has 0 bridgehead atoms. The molecule has 3 N–H and O–H groups in total. The first-order valence-electron chi connectivity index (χ1n) is 7.86. The number of aromatic amines is 1. The molecule has 1 aliphatic rings. The number of piperidine rings is 1. The van der Waals surface area contributed by atoms with Gasteiger partial charge in [0.25, 0.3) is 5.91 Å². The van der Waals surface area contributed by atoms with E-state index < -0.39 is 0 Å². The van der Waals surface area contributed by atoms with Crippen molar-refractivity contribution in [3.05, 3.63) is 41.0 Å². The van der Waals surface area contributed by atoms with E-state index in [4.69, 9.17) is 11.6 Å². The molecule has 1 aromatic heterocycles. The minimum absolute atomic E-state index is 0.113. The number of hydrogen-bond acceptors (Lipinski definition) is 3. The van der Waals surface area contributed by atoms with Gasteiger partial charge in [-0.3, -0.25) is 9.89 Å². The van der Waals surface area contributed by atoms with Crippen molar-refractivity contribution in [2.75, 3.05) is 19.6 Å². The first-order valence-corrected chi connectivity index (χ1v) is 8.24. The average molecular weight is 333 g/mol. The minimum atomic E-state index is -0.113. The van der Waals surface area contributed by atoms with Crippen LogP contribution in [0.1, 0.15) is 30.3 Å². The van der Waals surface area contributed by atoms with Crippen molar-refractivity contribution in [2.24, 2.45) is 5.41 Å². The second kappa shape index (κ2) is 6.72. The first-order chi connectivity index (χ1) is 11.1. The number of H-pyrrole nitrogens is 1. The zero-order valence-corrected chi connectivity index (χ0v) is 13.9. The predicted octanol–water partition coefficient (Wildman–Crippen LogP) is 2.85. The Labute approximate surface area is 140 Å². The molecule has 23 heavy (non-hydrogen) atoms. The SMILES string of the molecule is CC1(CNC(=O)c2cc(-c3ccc(Cl)cc3)n[nH]2)CCNCC1. The normalized spacial score (nSPS) is 17.0. The predicted molar refractivity (Wildman–Crippen MR) is 91.6 cm³/mol. The molecule has 1 saturated heterocycles. The molecule has 1 fully saturated rings. The summed E-state index contributed by atoms with van der Waals surface area (Å²) in [6.45, 7) is 4.93. The van der Waals surface area contributed by atoms with E-state index in [0.29, 0.717) is 17.3 Å². The summed E-state index contributed by atoms with van der Waals surface area (Å²) in [6.07, 6.45) is 2.15. The van der Waals surface area contributed by atoms with E-state index in [1.54, 1.807) is 6.07 Å². The van der Waals surface area contributed by atoms with Crippen molar-refractivity contribution < 1.29 is 4.79 Å². The molecule has 2 aromatic rings. The van der Waals surface area contributed by atoms with Crippen LogP contribution in [-0.2, 0) is 0 Å². The van der Waals surface area contributed by atoms with Crippen molar-refractivity contribution in [1.29, 1.82) is 0 Å². The second-order valence-corrected chi connectivity index (χ2v) is 6.85. The highest BCUT2D eigenvalue weighted by Gasteiger charge is 2.27. The maximum Gasteiger partial charge on any atom is 0.269 e. The van der Waals surface area contributed by atoms with Gasteiger partial charge >= 0.3 is 0 Å². The summed E-state index contributed by atoms with van der Waals surface area (Å²) in [6, 6.07) is 9.16. The van der Waals surface area contributed by atoms with Gasteiger partial charge in [0.15, 0.2) is 0 Å². The van der Waals surface area contributed by atoms with Crippen molar-refractivity contribution in [3.8, 4) is 11.3 Å². The van der Waals surface area contributed by atoms with Crippen LogP contribution in [0.3, 0.4) is 0 Å². The number of nitrogens with zero attached hydrogens (tertiary/aromatic N) is 1. The Kier molecular flexibility index (Phi) is 4.68. The highest BCUT2D eigenvalue weighted by molar-refractivity contribution is 6.30. The molecule has 0 atom stereocenters. The van der Waals surface area contributed by atoms with E-state index in [9.17, 15) is 4.79 Å². The Morgan fingerprint density at radius 2 is 2.00 bits per heavy atom. The van der Waals surface area contributed by atoms with E-state index >= 15 is 0 Å². The first kappa shape index (κ1) is 16.0. The molecule has 3 rings (SSSR count). The van der Waals surface area contributed by atoms with Gasteiger partial charge in [-0.15, -0.1) is 0 Å². The standard InChI is InChI=1S/C17H21ClN4O/c1-17(6-8-19-9-7-17)11-20-16(23)15-10-14(21-22-15)12-2-4-13(18)5-3-12/h2-5,10,19H,6-9,11H2,1H3,(H,20,23)(H,21,22). The van der Waals surface area contributed by atoms with Crippen LogP contribution >= 0.6 is 11.6 Å². The van der Waals surface area contributed by atoms with E-state index in [-0.39, 0.29) is 11.3 Å². The van der Waals surface area contributed by atoms with Crippen molar-refractivity contribution in [1.82, 2.24) is 20.8 Å². The lowest BCUT2D eigenvalue weighted by Crippen LogP contribution is -2.42. The fourth-order valence-electron chi connectivity index (χ4n) is 2.80. The molecule has 122 valence electrons. The summed E-state index contributed by atoms with van der Waals surface area (Å²) in [4.78, 5) is 12.3. The summed E-state index contributed by atoms with van der Waals surface area (Å²) in [5, 5.41) is 14.1. The Hall–Kier alpha value is -1.85. The summed E-state index contributed by atoms with van der Waals surface area (Å²) in [5.41, 5.74) is 2.31. The number of amides is 1. The molecule has 2 heterocycles. The van der Waals surface area contributed by atoms with Crippen LogP contribution in [0.4, 0.5) is 0 Å². The zero-order valence-electron chi connectivity index (χ0n) is 13.2. The molecule has 0 saturated carbocycles. The topological polar surface area (TPSA) is 69.8 Å². The molecule has 6 heteroatoms. The smallest absolute Gasteiger partial charge is 0.269 e. The quantitative estimate of drug-likeness (QED) is 0.806. The molecular formula is C17H21ClN4O. The number of hydrogen-bond donors (Lipinski definition) is 3. The summed E-state index contributed by atoms with van der Waals surface area (Å²) < 4.78 is 0. The molecule has 1 aliphatic heterocycles. The van der Waals surface area contributed by atoms with Crippen LogP contribution in [0.15, 0.2) is 30.3 Å². The zero-order chi connectivity index (χ0) is 16.3. The lowest BCUT2D eigenvalue weighted by molar-refractivity contribution is 0.0917. The van der Waals surface area contributed by atoms with Crippen LogP contribution < -0.4 is 10.6 Å². The van der Waals surface area contributed by atoms with E-state index in [0.717, 1.165) is 37.2 Å². The highest BCUT2D eigenvalue weighted by Crippen LogP contribution is 2.27. The van der Waals surface area contributed by atoms with E-state index in [1.165, 1.54) is 0 Å². The van der Waals surface area contributed by atoms with Gasteiger partial charge in [0.05, 0.1) is 5.69 Å². The fraction of sp³-hybridized carbons (Fsp3) is 0.412. The summed E-state index contributed by atoms with van der Waals surface area (Å²) >= 11 is 5.89. The Morgan fingerprint density at radius 3 is 2.70 bits per heavy atom. The Morgan fingerprint density at radius 1 is 1.30 bits per heavy atom. The third kappa shape index (κ3) is 3.92. The molecule has 0 radical (unpaired) electrons. The van der Waals surface area contributed by atoms with Crippen molar-refractivity contribution >= 4 is 17.5 Å². The molecule has 0 spiro atoms. The van der Waals surface area contributed by atoms with Crippen molar-refractivity contribution in [3.63, 3.8) is 0 Å².